The Morgan fingerprint density at radius 2 is 1.79 bits per heavy atom. The maximum absolute atomic E-state index is 12.1. The molecule has 4 bridgehead atoms. The van der Waals surface area contributed by atoms with Crippen LogP contribution >= 0.6 is 12.4 Å². The van der Waals surface area contributed by atoms with Crippen LogP contribution in [0.4, 0.5) is 0 Å². The molecule has 156 valence electrons. The Hall–Kier alpha value is -1.18. The number of halogens is 1. The van der Waals surface area contributed by atoms with Crippen molar-refractivity contribution in [3.8, 4) is 0 Å². The second-order valence-corrected chi connectivity index (χ2v) is 9.43. The summed E-state index contributed by atoms with van der Waals surface area (Å²) < 4.78 is 7.52. The molecule has 2 heterocycles. The van der Waals surface area contributed by atoms with Gasteiger partial charge in [0.1, 0.15) is 0 Å². The maximum atomic E-state index is 12.1. The first-order valence-electron chi connectivity index (χ1n) is 10.6. The summed E-state index contributed by atoms with van der Waals surface area (Å²) in [5, 5.41) is 8.96. The van der Waals surface area contributed by atoms with Gasteiger partial charge in [-0.2, -0.15) is 0 Å². The number of hydrogen-bond acceptors (Lipinski definition) is 5. The smallest absolute Gasteiger partial charge is 0.226 e. The highest BCUT2D eigenvalue weighted by Crippen LogP contribution is 2.58. The number of morpholine rings is 1. The number of nitrogens with two attached hydrogens (primary N) is 1. The lowest BCUT2D eigenvalue weighted by Gasteiger charge is -2.56. The molecule has 8 heteroatoms. The quantitative estimate of drug-likeness (QED) is 0.775. The lowest BCUT2D eigenvalue weighted by atomic mass is 9.53. The van der Waals surface area contributed by atoms with Gasteiger partial charge in [-0.1, -0.05) is 5.21 Å². The van der Waals surface area contributed by atoms with Crippen LogP contribution in [0.2, 0.25) is 0 Å². The SMILES string of the molecule is Cl.NC(=O)C(CCN1CCOCC1)c1cn(C23CC4CC(CC(C4)C2)C3)nn1. The number of hydrogen-bond donors (Lipinski definition) is 1. The van der Waals surface area contributed by atoms with Crippen molar-refractivity contribution in [3.05, 3.63) is 11.9 Å². The van der Waals surface area contributed by atoms with Crippen molar-refractivity contribution < 1.29 is 9.53 Å². The predicted octanol–water partition coefficient (Wildman–Crippen LogP) is 1.92. The number of carbonyl (C=O) groups excluding carboxylic acids is 1. The van der Waals surface area contributed by atoms with E-state index in [0.717, 1.165) is 56.3 Å². The van der Waals surface area contributed by atoms with Gasteiger partial charge in [0.05, 0.1) is 30.4 Å². The zero-order valence-corrected chi connectivity index (χ0v) is 17.3. The molecule has 2 N–H and O–H groups in total. The molecule has 0 radical (unpaired) electrons. The molecule has 6 rings (SSSR count). The molecule has 4 aliphatic carbocycles. The number of nitrogens with zero attached hydrogens (tertiary/aromatic N) is 4. The average molecular weight is 410 g/mol. The Balaban J connectivity index is 0.00000192. The van der Waals surface area contributed by atoms with Crippen LogP contribution in [0.25, 0.3) is 0 Å². The van der Waals surface area contributed by atoms with Crippen molar-refractivity contribution in [2.24, 2.45) is 23.5 Å². The maximum Gasteiger partial charge on any atom is 0.226 e. The van der Waals surface area contributed by atoms with E-state index in [1.165, 1.54) is 38.5 Å². The van der Waals surface area contributed by atoms with Crippen molar-refractivity contribution in [2.45, 2.75) is 56.4 Å². The fourth-order valence-corrected chi connectivity index (χ4v) is 6.59. The van der Waals surface area contributed by atoms with Crippen LogP contribution in [0.5, 0.6) is 0 Å². The number of amides is 1. The molecule has 1 unspecified atom stereocenters. The second kappa shape index (κ2) is 7.92. The molecule has 0 spiro atoms. The molecule has 1 aliphatic heterocycles. The molecular formula is C20H32ClN5O2. The minimum atomic E-state index is -0.351. The molecule has 5 aliphatic rings. The van der Waals surface area contributed by atoms with E-state index in [1.807, 2.05) is 6.20 Å². The number of carbonyl (C=O) groups is 1. The highest BCUT2D eigenvalue weighted by molar-refractivity contribution is 5.85. The largest absolute Gasteiger partial charge is 0.379 e. The highest BCUT2D eigenvalue weighted by Gasteiger charge is 2.52. The van der Waals surface area contributed by atoms with E-state index in [4.69, 9.17) is 10.5 Å². The third-order valence-electron chi connectivity index (χ3n) is 7.54. The van der Waals surface area contributed by atoms with Crippen LogP contribution < -0.4 is 5.73 Å². The van der Waals surface area contributed by atoms with Crippen molar-refractivity contribution >= 4 is 18.3 Å². The lowest BCUT2D eigenvalue weighted by molar-refractivity contribution is -0.119. The summed E-state index contributed by atoms with van der Waals surface area (Å²) >= 11 is 0. The summed E-state index contributed by atoms with van der Waals surface area (Å²) in [6, 6.07) is 0. The van der Waals surface area contributed by atoms with Gasteiger partial charge in [0.2, 0.25) is 5.91 Å². The zero-order valence-electron chi connectivity index (χ0n) is 16.5. The minimum absolute atomic E-state index is 0. The molecular weight excluding hydrogens is 378 g/mol. The lowest BCUT2D eigenvalue weighted by Crippen LogP contribution is -2.52. The molecule has 0 aromatic carbocycles. The molecule has 1 aromatic rings. The number of ether oxygens (including phenoxy) is 1. The first-order valence-corrected chi connectivity index (χ1v) is 10.6. The minimum Gasteiger partial charge on any atom is -0.379 e. The Labute approximate surface area is 172 Å². The number of rotatable bonds is 6. The van der Waals surface area contributed by atoms with E-state index in [9.17, 15) is 4.79 Å². The van der Waals surface area contributed by atoms with Crippen LogP contribution in [0, 0.1) is 17.8 Å². The molecule has 4 saturated carbocycles. The van der Waals surface area contributed by atoms with Gasteiger partial charge in [-0.15, -0.1) is 17.5 Å². The van der Waals surface area contributed by atoms with E-state index in [0.29, 0.717) is 6.42 Å². The van der Waals surface area contributed by atoms with Crippen molar-refractivity contribution in [1.82, 2.24) is 19.9 Å². The van der Waals surface area contributed by atoms with Crippen LogP contribution in [0.1, 0.15) is 56.6 Å². The van der Waals surface area contributed by atoms with Gasteiger partial charge in [0.25, 0.3) is 0 Å². The van der Waals surface area contributed by atoms with Crippen molar-refractivity contribution in [2.75, 3.05) is 32.8 Å². The number of primary amides is 1. The molecule has 5 fully saturated rings. The van der Waals surface area contributed by atoms with E-state index >= 15 is 0 Å². The van der Waals surface area contributed by atoms with Crippen LogP contribution in [-0.2, 0) is 15.1 Å². The van der Waals surface area contributed by atoms with Gasteiger partial charge in [-0.25, -0.2) is 4.68 Å². The van der Waals surface area contributed by atoms with E-state index in [1.54, 1.807) is 0 Å². The Morgan fingerprint density at radius 3 is 2.36 bits per heavy atom. The fraction of sp³-hybridized carbons (Fsp3) is 0.850. The average Bonchev–Trinajstić information content (AvgIpc) is 3.12. The van der Waals surface area contributed by atoms with Gasteiger partial charge >= 0.3 is 0 Å². The van der Waals surface area contributed by atoms with Crippen molar-refractivity contribution in [3.63, 3.8) is 0 Å². The third-order valence-corrected chi connectivity index (χ3v) is 7.54. The van der Waals surface area contributed by atoms with Gasteiger partial charge in [0, 0.05) is 19.3 Å². The summed E-state index contributed by atoms with van der Waals surface area (Å²) in [6.07, 6.45) is 10.7. The summed E-state index contributed by atoms with van der Waals surface area (Å²) in [7, 11) is 0. The van der Waals surface area contributed by atoms with E-state index in [2.05, 4.69) is 19.9 Å². The molecule has 7 nitrogen and oxygen atoms in total. The van der Waals surface area contributed by atoms with Crippen LogP contribution in [0.3, 0.4) is 0 Å². The first-order chi connectivity index (χ1) is 13.1. The Bertz CT molecular complexity index is 667. The highest BCUT2D eigenvalue weighted by atomic mass is 35.5. The molecule has 1 atom stereocenters. The fourth-order valence-electron chi connectivity index (χ4n) is 6.59. The molecule has 1 aromatic heterocycles. The van der Waals surface area contributed by atoms with Gasteiger partial charge in [-0.05, 0) is 69.2 Å². The van der Waals surface area contributed by atoms with Gasteiger partial charge < -0.3 is 10.5 Å². The Kier molecular flexibility index (Phi) is 5.69. The predicted molar refractivity (Wildman–Crippen MR) is 107 cm³/mol. The summed E-state index contributed by atoms with van der Waals surface area (Å²) in [4.78, 5) is 14.5. The zero-order chi connectivity index (χ0) is 18.4. The summed E-state index contributed by atoms with van der Waals surface area (Å²) in [6.45, 7) is 4.23. The topological polar surface area (TPSA) is 86.3 Å². The summed E-state index contributed by atoms with van der Waals surface area (Å²) in [5.74, 6) is 1.93. The van der Waals surface area contributed by atoms with Crippen LogP contribution in [-0.4, -0.2) is 58.6 Å². The normalized spacial score (nSPS) is 35.5. The van der Waals surface area contributed by atoms with E-state index in [-0.39, 0.29) is 29.8 Å². The van der Waals surface area contributed by atoms with Gasteiger partial charge in [-0.3, -0.25) is 9.69 Å². The molecule has 1 saturated heterocycles. The third kappa shape index (κ3) is 3.68. The molecule has 28 heavy (non-hydrogen) atoms. The first kappa shape index (κ1) is 20.1. The second-order valence-electron chi connectivity index (χ2n) is 9.43. The van der Waals surface area contributed by atoms with E-state index < -0.39 is 0 Å². The monoisotopic (exact) mass is 409 g/mol. The van der Waals surface area contributed by atoms with Gasteiger partial charge in [0.15, 0.2) is 0 Å². The van der Waals surface area contributed by atoms with Crippen LogP contribution in [0.15, 0.2) is 6.20 Å². The Morgan fingerprint density at radius 1 is 1.18 bits per heavy atom. The summed E-state index contributed by atoms with van der Waals surface area (Å²) in [5.41, 5.74) is 6.64. The number of aromatic nitrogens is 3. The molecule has 1 amide bonds. The standard InChI is InChI=1S/C20H31N5O2.ClH/c21-19(26)17(1-2-24-3-5-27-6-4-24)18-13-25(23-22-18)20-10-14-7-15(11-20)9-16(8-14)12-20;/h13-17H,1-12H2,(H2,21,26);1H. The van der Waals surface area contributed by atoms with Crippen molar-refractivity contribution in [1.29, 1.82) is 0 Å².